The van der Waals surface area contributed by atoms with Crippen LogP contribution in [0.4, 0.5) is 13.2 Å². The minimum atomic E-state index is -4.57. The molecule has 2 aromatic rings. The molecular formula is C26H32F3N7O2. The van der Waals surface area contributed by atoms with E-state index < -0.39 is 29.5 Å². The first-order valence-electron chi connectivity index (χ1n) is 12.2. The maximum absolute atomic E-state index is 13.3. The molecule has 9 nitrogen and oxygen atoms in total. The Balaban J connectivity index is 1.65. The van der Waals surface area contributed by atoms with Gasteiger partial charge in [-0.05, 0) is 42.4 Å². The zero-order chi connectivity index (χ0) is 27.9. The summed E-state index contributed by atoms with van der Waals surface area (Å²) >= 11 is 0. The molecule has 0 spiro atoms. The van der Waals surface area contributed by atoms with Gasteiger partial charge in [0.15, 0.2) is 5.96 Å². The van der Waals surface area contributed by atoms with E-state index in [-0.39, 0.29) is 36.2 Å². The van der Waals surface area contributed by atoms with Gasteiger partial charge in [0.1, 0.15) is 5.84 Å². The Bertz CT molecular complexity index is 1160. The predicted octanol–water partition coefficient (Wildman–Crippen LogP) is 2.15. The third-order valence-corrected chi connectivity index (χ3v) is 6.60. The molecule has 1 saturated heterocycles. The van der Waals surface area contributed by atoms with E-state index in [1.54, 1.807) is 29.2 Å². The molecule has 1 fully saturated rings. The van der Waals surface area contributed by atoms with Crippen LogP contribution in [0.5, 0.6) is 0 Å². The van der Waals surface area contributed by atoms with Crippen molar-refractivity contribution in [2.45, 2.75) is 31.4 Å². The second-order valence-corrected chi connectivity index (χ2v) is 9.33. The molecule has 0 saturated carbocycles. The summed E-state index contributed by atoms with van der Waals surface area (Å²) < 4.78 is 40.0. The zero-order valence-electron chi connectivity index (χ0n) is 20.8. The van der Waals surface area contributed by atoms with E-state index >= 15 is 0 Å². The molecule has 1 unspecified atom stereocenters. The lowest BCUT2D eigenvalue weighted by molar-refractivity contribution is -0.137. The van der Waals surface area contributed by atoms with Gasteiger partial charge in [-0.2, -0.15) is 13.2 Å². The number of carbonyl (C=O) groups is 2. The van der Waals surface area contributed by atoms with Crippen LogP contribution in [0.1, 0.15) is 41.0 Å². The highest BCUT2D eigenvalue weighted by molar-refractivity contribution is 5.95. The van der Waals surface area contributed by atoms with Gasteiger partial charge >= 0.3 is 6.18 Å². The third-order valence-electron chi connectivity index (χ3n) is 6.60. The van der Waals surface area contributed by atoms with Crippen LogP contribution in [-0.4, -0.2) is 54.7 Å². The van der Waals surface area contributed by atoms with Gasteiger partial charge in [0.2, 0.25) is 11.8 Å². The van der Waals surface area contributed by atoms with Crippen molar-refractivity contribution in [1.82, 2.24) is 15.5 Å². The molecule has 204 valence electrons. The summed E-state index contributed by atoms with van der Waals surface area (Å²) in [6.45, 7) is 1.38. The van der Waals surface area contributed by atoms with Crippen molar-refractivity contribution in [3.8, 4) is 0 Å². The number of halogens is 3. The van der Waals surface area contributed by atoms with E-state index in [9.17, 15) is 22.8 Å². The fourth-order valence-corrected chi connectivity index (χ4v) is 4.34. The molecule has 1 aliphatic rings. The van der Waals surface area contributed by atoms with Gasteiger partial charge in [0.25, 0.3) is 0 Å². The minimum Gasteiger partial charge on any atom is -0.384 e. The van der Waals surface area contributed by atoms with E-state index in [4.69, 9.17) is 22.3 Å². The summed E-state index contributed by atoms with van der Waals surface area (Å²) in [6, 6.07) is 11.1. The second kappa shape index (κ2) is 12.4. The molecule has 38 heavy (non-hydrogen) atoms. The number of amides is 2. The highest BCUT2D eigenvalue weighted by Crippen LogP contribution is 2.32. The highest BCUT2D eigenvalue weighted by atomic mass is 19.4. The van der Waals surface area contributed by atoms with E-state index in [0.717, 1.165) is 25.0 Å². The van der Waals surface area contributed by atoms with Crippen LogP contribution in [0, 0.1) is 16.7 Å². The Morgan fingerprint density at radius 2 is 1.68 bits per heavy atom. The number of nitrogens with one attached hydrogen (secondary N) is 4. The number of nitrogen functional groups attached to an aromatic ring is 1. The first-order chi connectivity index (χ1) is 17.9. The van der Waals surface area contributed by atoms with Crippen LogP contribution in [0.3, 0.4) is 0 Å². The number of hydrogen-bond donors (Lipinski definition) is 6. The van der Waals surface area contributed by atoms with Crippen molar-refractivity contribution in [1.29, 1.82) is 10.8 Å². The first kappa shape index (κ1) is 28.5. The first-order valence-corrected chi connectivity index (χ1v) is 12.2. The summed E-state index contributed by atoms with van der Waals surface area (Å²) in [5.41, 5.74) is 11.4. The molecule has 2 amide bonds. The summed E-state index contributed by atoms with van der Waals surface area (Å²) in [7, 11) is 0. The number of guanidine groups is 1. The quantitative estimate of drug-likeness (QED) is 0.216. The molecule has 2 aromatic carbocycles. The number of nitrogens with two attached hydrogens (primary N) is 2. The standard InChI is InChI=1S/C26H32F3N7O2/c27-26(28,29)20-3-1-2-19(13-20)21(12-16-4-6-18(7-5-16)23(30)31)24(38)35-15-22(37)34-14-17-8-10-36(11-9-17)25(32)33/h1-7,13,17,21H,8-12,14-15H2,(H3,30,31)(H3,32,33)(H,34,37)(H,35,38). The van der Waals surface area contributed by atoms with Gasteiger partial charge in [-0.3, -0.25) is 20.4 Å². The number of carbonyl (C=O) groups excluding carboxylic acids is 2. The Hall–Kier alpha value is -4.09. The topological polar surface area (TPSA) is 161 Å². The van der Waals surface area contributed by atoms with Gasteiger partial charge in [0, 0.05) is 25.2 Å². The fourth-order valence-electron chi connectivity index (χ4n) is 4.34. The molecule has 12 heteroatoms. The number of piperidine rings is 1. The van der Waals surface area contributed by atoms with Crippen molar-refractivity contribution in [3.63, 3.8) is 0 Å². The second-order valence-electron chi connectivity index (χ2n) is 9.33. The van der Waals surface area contributed by atoms with E-state index in [1.165, 1.54) is 12.1 Å². The average Bonchev–Trinajstić information content (AvgIpc) is 2.89. The monoisotopic (exact) mass is 531 g/mol. The zero-order valence-corrected chi connectivity index (χ0v) is 20.8. The number of rotatable bonds is 9. The average molecular weight is 532 g/mol. The molecule has 8 N–H and O–H groups in total. The molecule has 3 rings (SSSR count). The fraction of sp³-hybridized carbons (Fsp3) is 0.385. The highest BCUT2D eigenvalue weighted by Gasteiger charge is 2.32. The number of likely N-dealkylation sites (tertiary alicyclic amines) is 1. The number of nitrogens with zero attached hydrogens (tertiary/aromatic N) is 1. The van der Waals surface area contributed by atoms with Crippen LogP contribution >= 0.6 is 0 Å². The summed E-state index contributed by atoms with van der Waals surface area (Å²) in [5.74, 6) is -1.84. The van der Waals surface area contributed by atoms with Crippen molar-refractivity contribution in [2.75, 3.05) is 26.2 Å². The molecule has 0 aliphatic carbocycles. The molecular weight excluding hydrogens is 499 g/mol. The van der Waals surface area contributed by atoms with Crippen molar-refractivity contribution in [3.05, 3.63) is 70.8 Å². The SMILES string of the molecule is N=C(N)c1ccc(CC(C(=O)NCC(=O)NCC2CCN(C(=N)N)CC2)c2cccc(C(F)(F)F)c2)cc1. The maximum atomic E-state index is 13.3. The Morgan fingerprint density at radius 1 is 1.03 bits per heavy atom. The number of hydrogen-bond acceptors (Lipinski definition) is 4. The van der Waals surface area contributed by atoms with Crippen LogP contribution in [0.15, 0.2) is 48.5 Å². The summed E-state index contributed by atoms with van der Waals surface area (Å²) in [4.78, 5) is 27.3. The Morgan fingerprint density at radius 3 is 2.26 bits per heavy atom. The molecule has 1 atom stereocenters. The number of benzene rings is 2. The van der Waals surface area contributed by atoms with Crippen LogP contribution in [0.25, 0.3) is 0 Å². The predicted molar refractivity (Wildman–Crippen MR) is 138 cm³/mol. The van der Waals surface area contributed by atoms with Gasteiger partial charge in [-0.1, -0.05) is 42.5 Å². The molecule has 1 heterocycles. The number of amidine groups is 1. The Kier molecular flexibility index (Phi) is 9.32. The molecule has 1 aliphatic heterocycles. The number of alkyl halides is 3. The van der Waals surface area contributed by atoms with E-state index in [0.29, 0.717) is 30.8 Å². The molecule has 0 radical (unpaired) electrons. The summed E-state index contributed by atoms with van der Waals surface area (Å²) in [6.07, 6.45) is -2.94. The van der Waals surface area contributed by atoms with Crippen molar-refractivity contribution < 1.29 is 22.8 Å². The lowest BCUT2D eigenvalue weighted by atomic mass is 9.89. The van der Waals surface area contributed by atoms with Crippen LogP contribution < -0.4 is 22.1 Å². The van der Waals surface area contributed by atoms with Gasteiger partial charge in [0.05, 0.1) is 18.0 Å². The van der Waals surface area contributed by atoms with Gasteiger partial charge in [-0.25, -0.2) is 0 Å². The normalized spacial score (nSPS) is 15.0. The van der Waals surface area contributed by atoms with Crippen LogP contribution in [0.2, 0.25) is 0 Å². The molecule has 0 bridgehead atoms. The lowest BCUT2D eigenvalue weighted by Gasteiger charge is -2.32. The van der Waals surface area contributed by atoms with Crippen LogP contribution in [-0.2, 0) is 22.2 Å². The van der Waals surface area contributed by atoms with E-state index in [1.807, 2.05) is 0 Å². The van der Waals surface area contributed by atoms with Gasteiger partial charge in [-0.15, -0.1) is 0 Å². The smallest absolute Gasteiger partial charge is 0.384 e. The van der Waals surface area contributed by atoms with Gasteiger partial charge < -0.3 is 27.0 Å². The largest absolute Gasteiger partial charge is 0.416 e. The minimum absolute atomic E-state index is 0.0281. The summed E-state index contributed by atoms with van der Waals surface area (Å²) in [5, 5.41) is 20.3. The lowest BCUT2D eigenvalue weighted by Crippen LogP contribution is -2.45. The third kappa shape index (κ3) is 7.95. The molecule has 0 aromatic heterocycles. The van der Waals surface area contributed by atoms with Crippen molar-refractivity contribution >= 4 is 23.6 Å². The Labute approximate surface area is 218 Å². The maximum Gasteiger partial charge on any atom is 0.416 e. The van der Waals surface area contributed by atoms with Crippen molar-refractivity contribution in [2.24, 2.45) is 17.4 Å². The van der Waals surface area contributed by atoms with E-state index in [2.05, 4.69) is 10.6 Å².